The van der Waals surface area contributed by atoms with E-state index in [1.165, 1.54) is 9.56 Å². The number of hydrogen-bond donors (Lipinski definition) is 1. The summed E-state index contributed by atoms with van der Waals surface area (Å²) in [5.41, 5.74) is 1.29. The molecule has 3 aromatic rings. The summed E-state index contributed by atoms with van der Waals surface area (Å²) in [5, 5.41) is 7.11. The number of ether oxygens (including phenoxy) is 1. The van der Waals surface area contributed by atoms with E-state index >= 15 is 0 Å². The first-order chi connectivity index (χ1) is 12.0. The smallest absolute Gasteiger partial charge is 0.291 e. The number of aromatic nitrogens is 3. The highest BCUT2D eigenvalue weighted by molar-refractivity contribution is 7.19. The second-order valence-corrected chi connectivity index (χ2v) is 7.17. The topological polar surface area (TPSA) is 77.6 Å². The number of aryl methyl sites for hydroxylation is 2. The summed E-state index contributed by atoms with van der Waals surface area (Å²) >= 11 is 1.64. The van der Waals surface area contributed by atoms with Gasteiger partial charge in [-0.05, 0) is 39.3 Å². The molecule has 1 N–H and O–H groups in total. The summed E-state index contributed by atoms with van der Waals surface area (Å²) in [4.78, 5) is 25.9. The normalized spacial score (nSPS) is 11.5. The Balaban J connectivity index is 1.79. The van der Waals surface area contributed by atoms with Crippen molar-refractivity contribution in [1.82, 2.24) is 19.5 Å². The van der Waals surface area contributed by atoms with Crippen LogP contribution in [0.5, 0.6) is 0 Å². The Morgan fingerprint density at radius 2 is 2.12 bits per heavy atom. The van der Waals surface area contributed by atoms with Gasteiger partial charge in [-0.1, -0.05) is 0 Å². The molecule has 0 saturated carbocycles. The molecule has 8 heteroatoms. The van der Waals surface area contributed by atoms with Crippen molar-refractivity contribution < 1.29 is 9.53 Å². The fourth-order valence-electron chi connectivity index (χ4n) is 2.86. The van der Waals surface area contributed by atoms with Crippen LogP contribution in [-0.2, 0) is 16.1 Å². The van der Waals surface area contributed by atoms with E-state index in [4.69, 9.17) is 4.74 Å². The average molecular weight is 362 g/mol. The SMILES string of the molecule is CCOCCCNC(=O)Cn1nc(C)n2c(cc3sc(C)cc32)c1=O. The van der Waals surface area contributed by atoms with E-state index in [-0.39, 0.29) is 18.0 Å². The highest BCUT2D eigenvalue weighted by Crippen LogP contribution is 2.27. The van der Waals surface area contributed by atoms with E-state index in [0.29, 0.717) is 31.1 Å². The van der Waals surface area contributed by atoms with Crippen LogP contribution in [0.15, 0.2) is 16.9 Å². The Morgan fingerprint density at radius 3 is 2.88 bits per heavy atom. The van der Waals surface area contributed by atoms with Gasteiger partial charge in [-0.2, -0.15) is 5.10 Å². The number of hydrogen-bond acceptors (Lipinski definition) is 5. The van der Waals surface area contributed by atoms with Gasteiger partial charge in [0.2, 0.25) is 5.91 Å². The second-order valence-electron chi connectivity index (χ2n) is 5.88. The number of nitrogens with zero attached hydrogens (tertiary/aromatic N) is 3. The molecule has 0 aromatic carbocycles. The van der Waals surface area contributed by atoms with E-state index < -0.39 is 0 Å². The van der Waals surface area contributed by atoms with Gasteiger partial charge < -0.3 is 10.1 Å². The summed E-state index contributed by atoms with van der Waals surface area (Å²) in [6.07, 6.45) is 0.744. The number of rotatable bonds is 7. The van der Waals surface area contributed by atoms with Crippen molar-refractivity contribution in [3.8, 4) is 0 Å². The Labute approximate surface area is 149 Å². The first kappa shape index (κ1) is 17.6. The predicted molar refractivity (Wildman–Crippen MR) is 98.4 cm³/mol. The molecule has 0 bridgehead atoms. The molecule has 1 amide bonds. The number of thiophene rings is 1. The van der Waals surface area contributed by atoms with Crippen LogP contribution in [0, 0.1) is 13.8 Å². The van der Waals surface area contributed by atoms with Crippen LogP contribution in [0.25, 0.3) is 15.7 Å². The average Bonchev–Trinajstić information content (AvgIpc) is 3.08. The van der Waals surface area contributed by atoms with Crippen LogP contribution in [-0.4, -0.2) is 39.8 Å². The van der Waals surface area contributed by atoms with Gasteiger partial charge in [-0.15, -0.1) is 11.3 Å². The molecule has 3 rings (SSSR count). The molecule has 3 aromatic heterocycles. The summed E-state index contributed by atoms with van der Waals surface area (Å²) in [6, 6.07) is 3.93. The summed E-state index contributed by atoms with van der Waals surface area (Å²) in [7, 11) is 0. The number of amides is 1. The third kappa shape index (κ3) is 3.59. The van der Waals surface area contributed by atoms with Crippen molar-refractivity contribution in [1.29, 1.82) is 0 Å². The van der Waals surface area contributed by atoms with Crippen LogP contribution in [0.3, 0.4) is 0 Å². The molecular weight excluding hydrogens is 340 g/mol. The molecule has 0 atom stereocenters. The van der Waals surface area contributed by atoms with Crippen LogP contribution in [0.1, 0.15) is 24.0 Å². The number of fused-ring (bicyclic) bond motifs is 3. The molecule has 0 aliphatic rings. The highest BCUT2D eigenvalue weighted by Gasteiger charge is 2.15. The zero-order chi connectivity index (χ0) is 18.0. The van der Waals surface area contributed by atoms with Crippen molar-refractivity contribution in [3.05, 3.63) is 33.2 Å². The van der Waals surface area contributed by atoms with Crippen LogP contribution in [0.4, 0.5) is 0 Å². The standard InChI is InChI=1S/C17H22N4O3S/c1-4-24-7-5-6-18-16(22)10-20-17(23)14-9-15-13(8-11(2)25-15)21(14)12(3)19-20/h8-9H,4-7,10H2,1-3H3,(H,18,22). The lowest BCUT2D eigenvalue weighted by Gasteiger charge is -2.09. The Bertz CT molecular complexity index is 970. The van der Waals surface area contributed by atoms with Crippen molar-refractivity contribution >= 4 is 33.0 Å². The Morgan fingerprint density at radius 1 is 1.32 bits per heavy atom. The molecule has 0 saturated heterocycles. The van der Waals surface area contributed by atoms with Crippen molar-refractivity contribution in [2.24, 2.45) is 0 Å². The van der Waals surface area contributed by atoms with Crippen LogP contribution < -0.4 is 10.9 Å². The molecule has 0 unspecified atom stereocenters. The second kappa shape index (κ2) is 7.37. The van der Waals surface area contributed by atoms with Gasteiger partial charge in [0.15, 0.2) is 0 Å². The lowest BCUT2D eigenvalue weighted by atomic mass is 10.4. The molecule has 134 valence electrons. The van der Waals surface area contributed by atoms with E-state index in [1.54, 1.807) is 11.3 Å². The van der Waals surface area contributed by atoms with Gasteiger partial charge in [0.25, 0.3) is 5.56 Å². The highest BCUT2D eigenvalue weighted by atomic mass is 32.1. The first-order valence-corrected chi connectivity index (χ1v) is 9.16. The van der Waals surface area contributed by atoms with Gasteiger partial charge >= 0.3 is 0 Å². The maximum absolute atomic E-state index is 12.7. The zero-order valence-corrected chi connectivity index (χ0v) is 15.5. The lowest BCUT2D eigenvalue weighted by molar-refractivity contribution is -0.121. The predicted octanol–water partition coefficient (Wildman–Crippen LogP) is 1.87. The fourth-order valence-corrected chi connectivity index (χ4v) is 3.81. The summed E-state index contributed by atoms with van der Waals surface area (Å²) in [6.45, 7) is 7.54. The maximum atomic E-state index is 12.7. The molecule has 0 radical (unpaired) electrons. The molecule has 0 aliphatic heterocycles. The van der Waals surface area contributed by atoms with E-state index in [1.807, 2.05) is 31.2 Å². The first-order valence-electron chi connectivity index (χ1n) is 8.35. The van der Waals surface area contributed by atoms with E-state index in [0.717, 1.165) is 16.6 Å². The minimum absolute atomic E-state index is 0.0807. The monoisotopic (exact) mass is 362 g/mol. The number of carbonyl (C=O) groups excluding carboxylic acids is 1. The van der Waals surface area contributed by atoms with Crippen molar-refractivity contribution in [2.45, 2.75) is 33.7 Å². The molecule has 0 aliphatic carbocycles. The summed E-state index contributed by atoms with van der Waals surface area (Å²) in [5.74, 6) is 0.464. The molecular formula is C17H22N4O3S. The Kier molecular flexibility index (Phi) is 5.19. The van der Waals surface area contributed by atoms with Gasteiger partial charge in [0.05, 0.1) is 10.2 Å². The lowest BCUT2D eigenvalue weighted by Crippen LogP contribution is -2.35. The quantitative estimate of drug-likeness (QED) is 0.651. The molecule has 3 heterocycles. The minimum atomic E-state index is -0.254. The van der Waals surface area contributed by atoms with Gasteiger partial charge in [-0.3, -0.25) is 14.0 Å². The minimum Gasteiger partial charge on any atom is -0.382 e. The van der Waals surface area contributed by atoms with Gasteiger partial charge in [0.1, 0.15) is 17.9 Å². The maximum Gasteiger partial charge on any atom is 0.291 e. The van der Waals surface area contributed by atoms with Crippen LogP contribution in [0.2, 0.25) is 0 Å². The zero-order valence-electron chi connectivity index (χ0n) is 14.7. The number of carbonyl (C=O) groups is 1. The number of nitrogens with one attached hydrogen (secondary N) is 1. The Hall–Kier alpha value is -2.19. The van der Waals surface area contributed by atoms with Crippen LogP contribution >= 0.6 is 11.3 Å². The molecule has 7 nitrogen and oxygen atoms in total. The van der Waals surface area contributed by atoms with Gasteiger partial charge in [-0.25, -0.2) is 4.68 Å². The van der Waals surface area contributed by atoms with E-state index in [9.17, 15) is 9.59 Å². The third-order valence-electron chi connectivity index (χ3n) is 3.94. The van der Waals surface area contributed by atoms with E-state index in [2.05, 4.69) is 16.5 Å². The molecule has 25 heavy (non-hydrogen) atoms. The third-order valence-corrected chi connectivity index (χ3v) is 4.93. The van der Waals surface area contributed by atoms with Gasteiger partial charge in [0, 0.05) is 24.6 Å². The van der Waals surface area contributed by atoms with Crippen molar-refractivity contribution in [3.63, 3.8) is 0 Å². The summed E-state index contributed by atoms with van der Waals surface area (Å²) < 4.78 is 9.37. The largest absolute Gasteiger partial charge is 0.382 e. The fraction of sp³-hybridized carbons (Fsp3) is 0.471. The van der Waals surface area contributed by atoms with Crippen molar-refractivity contribution in [2.75, 3.05) is 19.8 Å². The molecule has 0 fully saturated rings. The molecule has 0 spiro atoms.